The van der Waals surface area contributed by atoms with Crippen LogP contribution in [-0.2, 0) is 0 Å². The summed E-state index contributed by atoms with van der Waals surface area (Å²) in [5.41, 5.74) is 0. The second kappa shape index (κ2) is 15.3. The summed E-state index contributed by atoms with van der Waals surface area (Å²) in [7, 11) is 0. The van der Waals surface area contributed by atoms with Crippen molar-refractivity contribution in [1.29, 1.82) is 0 Å². The Labute approximate surface area is 217 Å². The monoisotopic (exact) mass is 558 g/mol. The molecule has 0 saturated heterocycles. The first-order valence-corrected chi connectivity index (χ1v) is 18.4. The minimum Gasteiger partial charge on any atom is -0.179 e. The van der Waals surface area contributed by atoms with Gasteiger partial charge in [0.25, 0.3) is 0 Å². The zero-order valence-electron chi connectivity index (χ0n) is 16.9. The third-order valence-electron chi connectivity index (χ3n) is 4.51. The van der Waals surface area contributed by atoms with E-state index in [4.69, 9.17) is 0 Å². The molecular formula is C20H30S9. The molecule has 29 heavy (non-hydrogen) atoms. The van der Waals surface area contributed by atoms with E-state index in [0.29, 0.717) is 0 Å². The van der Waals surface area contributed by atoms with Gasteiger partial charge in [-0.15, -0.1) is 47.0 Å². The number of unbranched alkanes of at least 4 members (excludes halogenated alkanes) is 8. The molecule has 0 aromatic heterocycles. The minimum atomic E-state index is 1.05. The molecule has 0 nitrogen and oxygen atoms in total. The largest absolute Gasteiger partial charge is 0.179 e. The number of thiol groups is 1. The Balaban J connectivity index is 1.30. The first kappa shape index (κ1) is 26.0. The Morgan fingerprint density at radius 2 is 1.17 bits per heavy atom. The van der Waals surface area contributed by atoms with Crippen molar-refractivity contribution in [2.45, 2.75) is 57.8 Å². The smallest absolute Gasteiger partial charge is 0.0717 e. The predicted octanol–water partition coefficient (Wildman–Crippen LogP) is 10.3. The van der Waals surface area contributed by atoms with E-state index in [1.165, 1.54) is 87.8 Å². The molecule has 3 aliphatic heterocycles. The van der Waals surface area contributed by atoms with Crippen LogP contribution in [-0.4, -0.2) is 29.3 Å². The van der Waals surface area contributed by atoms with Crippen molar-refractivity contribution in [3.05, 3.63) is 25.4 Å². The fourth-order valence-corrected chi connectivity index (χ4v) is 15.0. The average Bonchev–Trinajstić information content (AvgIpc) is 3.35. The second-order valence-electron chi connectivity index (χ2n) is 6.79. The van der Waals surface area contributed by atoms with Crippen LogP contribution in [0.1, 0.15) is 57.8 Å². The van der Waals surface area contributed by atoms with E-state index < -0.39 is 0 Å². The Morgan fingerprint density at radius 1 is 0.655 bits per heavy atom. The zero-order chi connectivity index (χ0) is 20.3. The van der Waals surface area contributed by atoms with Gasteiger partial charge in [-0.25, -0.2) is 0 Å². The van der Waals surface area contributed by atoms with Crippen molar-refractivity contribution in [2.24, 2.45) is 0 Å². The molecule has 0 amide bonds. The van der Waals surface area contributed by atoms with Crippen LogP contribution in [0.25, 0.3) is 0 Å². The Hall–Kier alpha value is 2.37. The molecular weight excluding hydrogens is 529 g/mol. The van der Waals surface area contributed by atoms with Crippen LogP contribution in [0.2, 0.25) is 0 Å². The summed E-state index contributed by atoms with van der Waals surface area (Å²) in [4.78, 5) is 0. The fourth-order valence-electron chi connectivity index (χ4n) is 2.99. The van der Waals surface area contributed by atoms with Gasteiger partial charge in [0.05, 0.1) is 25.4 Å². The molecule has 0 aromatic rings. The zero-order valence-corrected chi connectivity index (χ0v) is 24.3. The summed E-state index contributed by atoms with van der Waals surface area (Å²) in [5.74, 6) is 4.87. The summed E-state index contributed by atoms with van der Waals surface area (Å²) in [6.07, 6.45) is 14.7. The van der Waals surface area contributed by atoms with Gasteiger partial charge < -0.3 is 0 Å². The van der Waals surface area contributed by atoms with E-state index in [2.05, 4.69) is 54.2 Å². The highest BCUT2D eigenvalue weighted by molar-refractivity contribution is 8.45. The summed E-state index contributed by atoms with van der Waals surface area (Å²) in [6, 6.07) is 0. The lowest BCUT2D eigenvalue weighted by molar-refractivity contribution is 0.574. The first-order valence-electron chi connectivity index (χ1n) is 10.3. The third-order valence-corrected chi connectivity index (χ3v) is 16.6. The van der Waals surface area contributed by atoms with E-state index in [9.17, 15) is 0 Å². The van der Waals surface area contributed by atoms with Crippen molar-refractivity contribution in [3.63, 3.8) is 0 Å². The fraction of sp³-hybridized carbons (Fsp3) is 0.700. The van der Waals surface area contributed by atoms with Crippen molar-refractivity contribution in [3.8, 4) is 0 Å². The minimum absolute atomic E-state index is 1.05. The normalized spacial score (nSPS) is 19.7. The molecule has 0 fully saturated rings. The average molecular weight is 559 g/mol. The van der Waals surface area contributed by atoms with E-state index in [-0.39, 0.29) is 0 Å². The first-order chi connectivity index (χ1) is 14.3. The second-order valence-corrected chi connectivity index (χ2v) is 17.0. The Bertz CT molecular complexity index is 603. The number of hydrogen-bond acceptors (Lipinski definition) is 9. The Morgan fingerprint density at radius 3 is 1.76 bits per heavy atom. The molecule has 3 aliphatic rings. The molecule has 3 heterocycles. The summed E-state index contributed by atoms with van der Waals surface area (Å²) >= 11 is 20.5. The highest BCUT2D eigenvalue weighted by atomic mass is 32.3. The lowest BCUT2D eigenvalue weighted by Crippen LogP contribution is -1.88. The molecule has 0 N–H and O–H groups in total. The maximum absolute atomic E-state index is 4.28. The van der Waals surface area contributed by atoms with Crippen LogP contribution >= 0.6 is 107 Å². The SMILES string of the molecule is CSC1=C(SCCCCCCCCCCCS)SC(=C2SC3=C(SCCS3)S2)S1. The van der Waals surface area contributed by atoms with Crippen molar-refractivity contribution < 1.29 is 0 Å². The summed E-state index contributed by atoms with van der Waals surface area (Å²) < 4.78 is 9.26. The van der Waals surface area contributed by atoms with Gasteiger partial charge in [0.15, 0.2) is 0 Å². The maximum Gasteiger partial charge on any atom is 0.0717 e. The Kier molecular flexibility index (Phi) is 13.7. The highest BCUT2D eigenvalue weighted by Crippen LogP contribution is 2.66. The van der Waals surface area contributed by atoms with Gasteiger partial charge in [-0.3, -0.25) is 0 Å². The molecule has 9 heteroatoms. The molecule has 0 atom stereocenters. The van der Waals surface area contributed by atoms with Gasteiger partial charge in [-0.2, -0.15) is 12.6 Å². The van der Waals surface area contributed by atoms with Crippen LogP contribution in [0.5, 0.6) is 0 Å². The van der Waals surface area contributed by atoms with E-state index >= 15 is 0 Å². The van der Waals surface area contributed by atoms with Crippen molar-refractivity contribution in [2.75, 3.05) is 29.3 Å². The molecule has 164 valence electrons. The standard InChI is InChI=1S/C20H30S9/c1-22-15-16(23-12-10-8-6-4-2-3-5-7-9-11-21)27-19(26-15)20-28-17-18(29-20)25-14-13-24-17/h21H,2-14H2,1H3. The van der Waals surface area contributed by atoms with Gasteiger partial charge >= 0.3 is 0 Å². The van der Waals surface area contributed by atoms with Crippen molar-refractivity contribution in [1.82, 2.24) is 0 Å². The molecule has 0 aliphatic carbocycles. The molecule has 0 radical (unpaired) electrons. The molecule has 0 aromatic carbocycles. The number of rotatable bonds is 13. The van der Waals surface area contributed by atoms with Crippen LogP contribution in [0.15, 0.2) is 25.4 Å². The van der Waals surface area contributed by atoms with Crippen LogP contribution in [0.4, 0.5) is 0 Å². The summed E-state index contributed by atoms with van der Waals surface area (Å²) in [6.45, 7) is 0. The van der Waals surface area contributed by atoms with E-state index in [1.54, 1.807) is 12.7 Å². The lowest BCUT2D eigenvalue weighted by Gasteiger charge is -2.08. The van der Waals surface area contributed by atoms with Gasteiger partial charge in [-0.05, 0) is 30.6 Å². The topological polar surface area (TPSA) is 0 Å². The third kappa shape index (κ3) is 8.91. The number of hydrogen-bond donors (Lipinski definition) is 1. The van der Waals surface area contributed by atoms with Crippen LogP contribution in [0, 0.1) is 0 Å². The van der Waals surface area contributed by atoms with Crippen molar-refractivity contribution >= 4 is 107 Å². The lowest BCUT2D eigenvalue weighted by atomic mass is 10.1. The molecule has 0 bridgehead atoms. The summed E-state index contributed by atoms with van der Waals surface area (Å²) in [5, 5.41) is 0. The van der Waals surface area contributed by atoms with E-state index in [0.717, 1.165) is 5.75 Å². The van der Waals surface area contributed by atoms with Gasteiger partial charge in [0.1, 0.15) is 0 Å². The molecule has 0 unspecified atom stereocenters. The quantitative estimate of drug-likeness (QED) is 0.173. The predicted molar refractivity (Wildman–Crippen MR) is 158 cm³/mol. The van der Waals surface area contributed by atoms with Gasteiger partial charge in [-0.1, -0.05) is 92.0 Å². The van der Waals surface area contributed by atoms with Crippen LogP contribution in [0.3, 0.4) is 0 Å². The molecule has 3 rings (SSSR count). The van der Waals surface area contributed by atoms with Gasteiger partial charge in [0, 0.05) is 11.5 Å². The van der Waals surface area contributed by atoms with Crippen LogP contribution < -0.4 is 0 Å². The maximum atomic E-state index is 4.28. The van der Waals surface area contributed by atoms with Gasteiger partial charge in [0.2, 0.25) is 0 Å². The highest BCUT2D eigenvalue weighted by Gasteiger charge is 2.31. The van der Waals surface area contributed by atoms with E-state index in [1.807, 2.05) is 58.8 Å². The molecule has 0 saturated carbocycles. The number of thioether (sulfide) groups is 8. The molecule has 0 spiro atoms.